The second-order valence-corrected chi connectivity index (χ2v) is 5.49. The van der Waals surface area contributed by atoms with E-state index in [0.717, 1.165) is 18.5 Å². The standard InChI is InChI=1S/C17H29N3O/c1-5-14(4)20(7-3)13-17(16(18)21,19-6-2)15-11-9-8-10-12-15/h8-12,14,19H,5-7,13H2,1-4H3,(H2,18,21). The molecule has 4 nitrogen and oxygen atoms in total. The van der Waals surface area contributed by atoms with Crippen molar-refractivity contribution in [2.75, 3.05) is 19.6 Å². The quantitative estimate of drug-likeness (QED) is 0.732. The van der Waals surface area contributed by atoms with Crippen molar-refractivity contribution in [3.8, 4) is 0 Å². The van der Waals surface area contributed by atoms with Gasteiger partial charge in [0.05, 0.1) is 0 Å². The molecule has 0 aromatic heterocycles. The molecule has 2 unspecified atom stereocenters. The number of nitrogens with zero attached hydrogens (tertiary/aromatic N) is 1. The van der Waals surface area contributed by atoms with E-state index >= 15 is 0 Å². The normalized spacial score (nSPS) is 15.7. The van der Waals surface area contributed by atoms with Crippen molar-refractivity contribution in [1.82, 2.24) is 10.2 Å². The molecule has 0 aliphatic rings. The lowest BCUT2D eigenvalue weighted by Gasteiger charge is -2.39. The van der Waals surface area contributed by atoms with Gasteiger partial charge in [-0.15, -0.1) is 0 Å². The third kappa shape index (κ3) is 4.05. The Morgan fingerprint density at radius 2 is 1.90 bits per heavy atom. The van der Waals surface area contributed by atoms with Crippen molar-refractivity contribution in [3.63, 3.8) is 0 Å². The Bertz CT molecular complexity index is 435. The first kappa shape index (κ1) is 17.7. The van der Waals surface area contributed by atoms with Crippen molar-refractivity contribution in [2.45, 2.75) is 45.7 Å². The molecule has 1 rings (SSSR count). The third-order valence-electron chi connectivity index (χ3n) is 4.23. The summed E-state index contributed by atoms with van der Waals surface area (Å²) in [6.45, 7) is 10.6. The molecule has 0 aliphatic carbocycles. The van der Waals surface area contributed by atoms with Gasteiger partial charge in [-0.05, 0) is 32.0 Å². The molecule has 0 spiro atoms. The van der Waals surface area contributed by atoms with Gasteiger partial charge in [0.1, 0.15) is 5.54 Å². The van der Waals surface area contributed by atoms with Gasteiger partial charge in [-0.1, -0.05) is 51.1 Å². The second kappa shape index (κ2) is 8.15. The number of hydrogen-bond donors (Lipinski definition) is 2. The highest BCUT2D eigenvalue weighted by Gasteiger charge is 2.39. The van der Waals surface area contributed by atoms with Crippen molar-refractivity contribution < 1.29 is 4.79 Å². The van der Waals surface area contributed by atoms with E-state index in [1.54, 1.807) is 0 Å². The Labute approximate surface area is 128 Å². The minimum Gasteiger partial charge on any atom is -0.368 e. The highest BCUT2D eigenvalue weighted by atomic mass is 16.1. The third-order valence-corrected chi connectivity index (χ3v) is 4.23. The van der Waals surface area contributed by atoms with Crippen LogP contribution < -0.4 is 11.1 Å². The fraction of sp³-hybridized carbons (Fsp3) is 0.588. The topological polar surface area (TPSA) is 58.4 Å². The van der Waals surface area contributed by atoms with Crippen LogP contribution in [-0.4, -0.2) is 36.5 Å². The summed E-state index contributed by atoms with van der Waals surface area (Å²) in [7, 11) is 0. The maximum absolute atomic E-state index is 12.3. The zero-order valence-corrected chi connectivity index (χ0v) is 13.7. The molecule has 4 heteroatoms. The lowest BCUT2D eigenvalue weighted by Crippen LogP contribution is -2.60. The lowest BCUT2D eigenvalue weighted by atomic mass is 9.87. The van der Waals surface area contributed by atoms with E-state index < -0.39 is 5.54 Å². The summed E-state index contributed by atoms with van der Waals surface area (Å²) < 4.78 is 0. The molecular weight excluding hydrogens is 262 g/mol. The Hall–Kier alpha value is -1.39. The predicted molar refractivity (Wildman–Crippen MR) is 88.0 cm³/mol. The molecule has 0 radical (unpaired) electrons. The first-order valence-corrected chi connectivity index (χ1v) is 7.86. The number of likely N-dealkylation sites (N-methyl/N-ethyl adjacent to an activating group) is 2. The van der Waals surface area contributed by atoms with Crippen LogP contribution in [0.4, 0.5) is 0 Å². The van der Waals surface area contributed by atoms with Crippen LogP contribution >= 0.6 is 0 Å². The number of carbonyl (C=O) groups is 1. The highest BCUT2D eigenvalue weighted by Crippen LogP contribution is 2.24. The number of amides is 1. The molecule has 1 aromatic carbocycles. The van der Waals surface area contributed by atoms with Crippen molar-refractivity contribution >= 4 is 5.91 Å². The number of rotatable bonds is 9. The number of carbonyl (C=O) groups excluding carboxylic acids is 1. The minimum atomic E-state index is -0.838. The van der Waals surface area contributed by atoms with Crippen LogP contribution in [0.5, 0.6) is 0 Å². The number of nitrogens with two attached hydrogens (primary N) is 1. The average molecular weight is 291 g/mol. The second-order valence-electron chi connectivity index (χ2n) is 5.49. The SMILES string of the molecule is CCNC(CN(CC)C(C)CC)(C(N)=O)c1ccccc1. The summed E-state index contributed by atoms with van der Waals surface area (Å²) in [5, 5.41) is 3.34. The van der Waals surface area contributed by atoms with Crippen molar-refractivity contribution in [2.24, 2.45) is 5.73 Å². The first-order chi connectivity index (χ1) is 10.0. The van der Waals surface area contributed by atoms with Crippen LogP contribution in [0.3, 0.4) is 0 Å². The molecule has 21 heavy (non-hydrogen) atoms. The van der Waals surface area contributed by atoms with Crippen LogP contribution in [0.25, 0.3) is 0 Å². The lowest BCUT2D eigenvalue weighted by molar-refractivity contribution is -0.126. The molecule has 0 fully saturated rings. The van der Waals surface area contributed by atoms with Crippen LogP contribution in [0, 0.1) is 0 Å². The average Bonchev–Trinajstić information content (AvgIpc) is 2.51. The molecule has 0 heterocycles. The Morgan fingerprint density at radius 1 is 1.29 bits per heavy atom. The van der Waals surface area contributed by atoms with E-state index in [0.29, 0.717) is 19.1 Å². The Kier molecular flexibility index (Phi) is 6.85. The predicted octanol–water partition coefficient (Wildman–Crippen LogP) is 2.10. The zero-order valence-electron chi connectivity index (χ0n) is 13.7. The summed E-state index contributed by atoms with van der Waals surface area (Å²) in [5.74, 6) is -0.322. The molecule has 2 atom stereocenters. The van der Waals surface area contributed by atoms with E-state index in [-0.39, 0.29) is 5.91 Å². The number of benzene rings is 1. The van der Waals surface area contributed by atoms with E-state index in [1.807, 2.05) is 37.3 Å². The Balaban J connectivity index is 3.21. The van der Waals surface area contributed by atoms with Crippen molar-refractivity contribution in [1.29, 1.82) is 0 Å². The van der Waals surface area contributed by atoms with Crippen LogP contribution in [0.15, 0.2) is 30.3 Å². The van der Waals surface area contributed by atoms with Gasteiger partial charge in [-0.3, -0.25) is 15.0 Å². The smallest absolute Gasteiger partial charge is 0.243 e. The van der Waals surface area contributed by atoms with Crippen LogP contribution in [0.2, 0.25) is 0 Å². The molecule has 0 saturated carbocycles. The minimum absolute atomic E-state index is 0.322. The molecule has 3 N–H and O–H groups in total. The van der Waals surface area contributed by atoms with Gasteiger partial charge < -0.3 is 5.73 Å². The van der Waals surface area contributed by atoms with Gasteiger partial charge in [0.25, 0.3) is 0 Å². The highest BCUT2D eigenvalue weighted by molar-refractivity contribution is 5.86. The number of primary amides is 1. The summed E-state index contributed by atoms with van der Waals surface area (Å²) in [5.41, 5.74) is 5.90. The Morgan fingerprint density at radius 3 is 2.33 bits per heavy atom. The van der Waals surface area contributed by atoms with Gasteiger partial charge in [0, 0.05) is 12.6 Å². The molecule has 1 amide bonds. The molecule has 118 valence electrons. The summed E-state index contributed by atoms with van der Waals surface area (Å²) >= 11 is 0. The molecule has 0 saturated heterocycles. The summed E-state index contributed by atoms with van der Waals surface area (Å²) in [4.78, 5) is 14.6. The monoisotopic (exact) mass is 291 g/mol. The van der Waals surface area contributed by atoms with Crippen LogP contribution in [-0.2, 0) is 10.3 Å². The summed E-state index contributed by atoms with van der Waals surface area (Å²) in [6.07, 6.45) is 1.05. The molecule has 1 aromatic rings. The van der Waals surface area contributed by atoms with E-state index in [2.05, 4.69) is 31.0 Å². The maximum Gasteiger partial charge on any atom is 0.243 e. The maximum atomic E-state index is 12.3. The fourth-order valence-corrected chi connectivity index (χ4v) is 2.72. The summed E-state index contributed by atoms with van der Waals surface area (Å²) in [6, 6.07) is 10.2. The van der Waals surface area contributed by atoms with Crippen LogP contribution in [0.1, 0.15) is 39.7 Å². The van der Waals surface area contributed by atoms with E-state index in [9.17, 15) is 4.79 Å². The largest absolute Gasteiger partial charge is 0.368 e. The van der Waals surface area contributed by atoms with Gasteiger partial charge >= 0.3 is 0 Å². The number of nitrogens with one attached hydrogen (secondary N) is 1. The zero-order chi connectivity index (χ0) is 15.9. The fourth-order valence-electron chi connectivity index (χ4n) is 2.72. The number of hydrogen-bond acceptors (Lipinski definition) is 3. The van der Waals surface area contributed by atoms with Crippen molar-refractivity contribution in [3.05, 3.63) is 35.9 Å². The molecule has 0 bridgehead atoms. The first-order valence-electron chi connectivity index (χ1n) is 7.86. The molecular formula is C17H29N3O. The van der Waals surface area contributed by atoms with Gasteiger partial charge in [0.15, 0.2) is 0 Å². The van der Waals surface area contributed by atoms with Gasteiger partial charge in [-0.25, -0.2) is 0 Å². The van der Waals surface area contributed by atoms with E-state index in [1.165, 1.54) is 0 Å². The van der Waals surface area contributed by atoms with E-state index in [4.69, 9.17) is 5.73 Å². The van der Waals surface area contributed by atoms with Gasteiger partial charge in [-0.2, -0.15) is 0 Å². The molecule has 0 aliphatic heterocycles. The van der Waals surface area contributed by atoms with Gasteiger partial charge in [0.2, 0.25) is 5.91 Å².